The van der Waals surface area contributed by atoms with E-state index in [2.05, 4.69) is 25.6 Å². The second-order valence-corrected chi connectivity index (χ2v) is 7.01. The molecule has 0 aliphatic heterocycles. The minimum atomic E-state index is -3.77. The first kappa shape index (κ1) is 15.1. The zero-order valence-corrected chi connectivity index (χ0v) is 13.6. The van der Waals surface area contributed by atoms with E-state index in [9.17, 15) is 8.42 Å². The summed E-state index contributed by atoms with van der Waals surface area (Å²) in [6, 6.07) is 6.27. The molecule has 1 heterocycles. The molecule has 0 aliphatic rings. The van der Waals surface area contributed by atoms with E-state index in [-0.39, 0.29) is 15.7 Å². The van der Waals surface area contributed by atoms with E-state index in [0.29, 0.717) is 10.2 Å². The van der Waals surface area contributed by atoms with Crippen LogP contribution in [0.4, 0.5) is 11.4 Å². The summed E-state index contributed by atoms with van der Waals surface area (Å²) < 4.78 is 27.4. The van der Waals surface area contributed by atoms with Gasteiger partial charge in [0.05, 0.1) is 22.0 Å². The van der Waals surface area contributed by atoms with Gasteiger partial charge in [-0.1, -0.05) is 17.7 Å². The number of hydrogen-bond acceptors (Lipinski definition) is 4. The van der Waals surface area contributed by atoms with Gasteiger partial charge in [0, 0.05) is 0 Å². The molecule has 20 heavy (non-hydrogen) atoms. The number of aromatic nitrogens is 1. The Morgan fingerprint density at radius 1 is 1.35 bits per heavy atom. The van der Waals surface area contributed by atoms with E-state index in [1.54, 1.807) is 12.1 Å². The SMILES string of the molecule is Cc1ccc(S(=O)(=O)Nc2cnc(Cl)c(Br)c2)c(N)c1. The third kappa shape index (κ3) is 3.23. The van der Waals surface area contributed by atoms with Gasteiger partial charge in [-0.3, -0.25) is 4.72 Å². The summed E-state index contributed by atoms with van der Waals surface area (Å²) in [6.45, 7) is 1.83. The van der Waals surface area contributed by atoms with Crippen molar-refractivity contribution in [2.75, 3.05) is 10.5 Å². The van der Waals surface area contributed by atoms with E-state index in [1.807, 2.05) is 6.92 Å². The Morgan fingerprint density at radius 3 is 2.65 bits per heavy atom. The van der Waals surface area contributed by atoms with Crippen LogP contribution >= 0.6 is 27.5 Å². The van der Waals surface area contributed by atoms with Crippen molar-refractivity contribution in [2.45, 2.75) is 11.8 Å². The quantitative estimate of drug-likeness (QED) is 0.636. The molecule has 1 aromatic carbocycles. The number of benzene rings is 1. The van der Waals surface area contributed by atoms with Crippen molar-refractivity contribution in [3.63, 3.8) is 0 Å². The highest BCUT2D eigenvalue weighted by atomic mass is 79.9. The molecule has 1 aromatic heterocycles. The average molecular weight is 377 g/mol. The second kappa shape index (κ2) is 5.59. The fourth-order valence-corrected chi connectivity index (χ4v) is 3.20. The molecule has 2 aromatic rings. The minimum Gasteiger partial charge on any atom is -0.398 e. The highest BCUT2D eigenvalue weighted by Crippen LogP contribution is 2.26. The Morgan fingerprint density at radius 2 is 2.05 bits per heavy atom. The van der Waals surface area contributed by atoms with Gasteiger partial charge in [-0.15, -0.1) is 0 Å². The first-order chi connectivity index (χ1) is 9.29. The summed E-state index contributed by atoms with van der Waals surface area (Å²) >= 11 is 8.94. The number of pyridine rings is 1. The molecule has 0 unspecified atom stereocenters. The topological polar surface area (TPSA) is 85.1 Å². The molecule has 8 heteroatoms. The Hall–Kier alpha value is -1.31. The molecule has 3 N–H and O–H groups in total. The Balaban J connectivity index is 2.38. The van der Waals surface area contributed by atoms with Gasteiger partial charge in [-0.25, -0.2) is 13.4 Å². The minimum absolute atomic E-state index is 0.0224. The third-order valence-corrected chi connectivity index (χ3v) is 5.09. The summed E-state index contributed by atoms with van der Waals surface area (Å²) in [6.07, 6.45) is 1.33. The lowest BCUT2D eigenvalue weighted by Gasteiger charge is -2.11. The van der Waals surface area contributed by atoms with Crippen LogP contribution in [0.3, 0.4) is 0 Å². The van der Waals surface area contributed by atoms with Gasteiger partial charge in [0.2, 0.25) is 0 Å². The number of anilines is 2. The molecule has 0 atom stereocenters. The zero-order valence-electron chi connectivity index (χ0n) is 10.4. The van der Waals surface area contributed by atoms with Gasteiger partial charge in [-0.2, -0.15) is 0 Å². The highest BCUT2D eigenvalue weighted by Gasteiger charge is 2.18. The van der Waals surface area contributed by atoms with Crippen molar-refractivity contribution >= 4 is 48.9 Å². The normalized spacial score (nSPS) is 11.3. The van der Waals surface area contributed by atoms with Crippen LogP contribution in [0.1, 0.15) is 5.56 Å². The number of aryl methyl sites for hydroxylation is 1. The molecule has 0 fully saturated rings. The molecule has 0 saturated carbocycles. The third-order valence-electron chi connectivity index (χ3n) is 2.50. The zero-order chi connectivity index (χ0) is 14.9. The van der Waals surface area contributed by atoms with E-state index in [1.165, 1.54) is 18.3 Å². The maximum absolute atomic E-state index is 12.3. The largest absolute Gasteiger partial charge is 0.398 e. The first-order valence-corrected chi connectivity index (χ1v) is 8.15. The van der Waals surface area contributed by atoms with Gasteiger partial charge < -0.3 is 5.73 Å². The summed E-state index contributed by atoms with van der Waals surface area (Å²) in [4.78, 5) is 3.88. The summed E-state index contributed by atoms with van der Waals surface area (Å²) in [5.74, 6) is 0. The maximum atomic E-state index is 12.3. The van der Waals surface area contributed by atoms with Crippen molar-refractivity contribution in [1.82, 2.24) is 4.98 Å². The van der Waals surface area contributed by atoms with Crippen LogP contribution in [0.5, 0.6) is 0 Å². The van der Waals surface area contributed by atoms with Crippen LogP contribution in [0.25, 0.3) is 0 Å². The monoisotopic (exact) mass is 375 g/mol. The number of nitrogens with one attached hydrogen (secondary N) is 1. The fraction of sp³-hybridized carbons (Fsp3) is 0.0833. The number of nitrogens with zero attached hydrogens (tertiary/aromatic N) is 1. The van der Waals surface area contributed by atoms with E-state index < -0.39 is 10.0 Å². The summed E-state index contributed by atoms with van der Waals surface area (Å²) in [7, 11) is -3.77. The molecule has 0 radical (unpaired) electrons. The molecule has 0 bridgehead atoms. The molecule has 106 valence electrons. The summed E-state index contributed by atoms with van der Waals surface area (Å²) in [5, 5.41) is 0.253. The van der Waals surface area contributed by atoms with Gasteiger partial charge in [-0.05, 0) is 46.6 Å². The molecule has 0 saturated heterocycles. The van der Waals surface area contributed by atoms with Crippen LogP contribution < -0.4 is 10.5 Å². The van der Waals surface area contributed by atoms with Gasteiger partial charge in [0.15, 0.2) is 0 Å². The molecule has 0 aliphatic carbocycles. The smallest absolute Gasteiger partial charge is 0.263 e. The first-order valence-electron chi connectivity index (χ1n) is 5.49. The fourth-order valence-electron chi connectivity index (χ4n) is 1.60. The van der Waals surface area contributed by atoms with Crippen LogP contribution in [0, 0.1) is 6.92 Å². The Kier molecular flexibility index (Phi) is 4.22. The predicted octanol–water partition coefficient (Wildman–Crippen LogP) is 3.19. The lowest BCUT2D eigenvalue weighted by atomic mass is 10.2. The number of nitrogens with two attached hydrogens (primary N) is 1. The van der Waals surface area contributed by atoms with Crippen molar-refractivity contribution < 1.29 is 8.42 Å². The molecular weight excluding hydrogens is 366 g/mol. The number of halogens is 2. The van der Waals surface area contributed by atoms with Crippen molar-refractivity contribution in [3.8, 4) is 0 Å². The maximum Gasteiger partial charge on any atom is 0.263 e. The molecule has 0 amide bonds. The van der Waals surface area contributed by atoms with Gasteiger partial charge in [0.25, 0.3) is 10.0 Å². The number of sulfonamides is 1. The molecule has 2 rings (SSSR count). The highest BCUT2D eigenvalue weighted by molar-refractivity contribution is 9.10. The Bertz CT molecular complexity index is 765. The molecule has 0 spiro atoms. The van der Waals surface area contributed by atoms with E-state index in [4.69, 9.17) is 17.3 Å². The lowest BCUT2D eigenvalue weighted by molar-refractivity contribution is 0.601. The summed E-state index contributed by atoms with van der Waals surface area (Å²) in [5.41, 5.74) is 7.12. The standard InChI is InChI=1S/C12H11BrClN3O2S/c1-7-2-3-11(10(15)4-7)20(18,19)17-8-5-9(13)12(14)16-6-8/h2-6,17H,15H2,1H3. The Labute approximate surface area is 130 Å². The molecule has 5 nitrogen and oxygen atoms in total. The van der Waals surface area contributed by atoms with E-state index >= 15 is 0 Å². The lowest BCUT2D eigenvalue weighted by Crippen LogP contribution is -2.15. The van der Waals surface area contributed by atoms with Gasteiger partial charge >= 0.3 is 0 Å². The van der Waals surface area contributed by atoms with Crippen LogP contribution in [-0.4, -0.2) is 13.4 Å². The van der Waals surface area contributed by atoms with Crippen molar-refractivity contribution in [1.29, 1.82) is 0 Å². The van der Waals surface area contributed by atoms with Crippen LogP contribution in [0.2, 0.25) is 5.15 Å². The average Bonchev–Trinajstić information content (AvgIpc) is 2.33. The van der Waals surface area contributed by atoms with Gasteiger partial charge in [0.1, 0.15) is 10.0 Å². The van der Waals surface area contributed by atoms with E-state index in [0.717, 1.165) is 5.56 Å². The predicted molar refractivity (Wildman–Crippen MR) is 83.3 cm³/mol. The van der Waals surface area contributed by atoms with Crippen LogP contribution in [-0.2, 0) is 10.0 Å². The molecular formula is C12H11BrClN3O2S. The van der Waals surface area contributed by atoms with Crippen LogP contribution in [0.15, 0.2) is 39.8 Å². The number of nitrogen functional groups attached to an aromatic ring is 1. The van der Waals surface area contributed by atoms with Crippen molar-refractivity contribution in [2.24, 2.45) is 0 Å². The number of rotatable bonds is 3. The number of hydrogen-bond donors (Lipinski definition) is 2. The van der Waals surface area contributed by atoms with Crippen molar-refractivity contribution in [3.05, 3.63) is 45.7 Å². The second-order valence-electron chi connectivity index (χ2n) is 4.14.